The van der Waals surface area contributed by atoms with Crippen molar-refractivity contribution in [1.82, 2.24) is 19.7 Å². The van der Waals surface area contributed by atoms with Gasteiger partial charge in [0, 0.05) is 13.0 Å². The van der Waals surface area contributed by atoms with Gasteiger partial charge in [0.2, 0.25) is 0 Å². The van der Waals surface area contributed by atoms with Crippen molar-refractivity contribution in [1.29, 1.82) is 0 Å². The largest absolute Gasteiger partial charge is 0.486 e. The highest BCUT2D eigenvalue weighted by molar-refractivity contribution is 5.40. The van der Waals surface area contributed by atoms with E-state index in [1.54, 1.807) is 9.25 Å². The van der Waals surface area contributed by atoms with E-state index in [0.717, 1.165) is 49.7 Å². The van der Waals surface area contributed by atoms with Gasteiger partial charge < -0.3 is 14.8 Å². The van der Waals surface area contributed by atoms with Gasteiger partial charge in [-0.1, -0.05) is 12.1 Å². The lowest BCUT2D eigenvalue weighted by Gasteiger charge is -2.26. The summed E-state index contributed by atoms with van der Waals surface area (Å²) < 4.78 is 15.1. The second kappa shape index (κ2) is 7.53. The van der Waals surface area contributed by atoms with Gasteiger partial charge in [-0.15, -0.1) is 0 Å². The van der Waals surface area contributed by atoms with Gasteiger partial charge in [0.05, 0.1) is 6.54 Å². The van der Waals surface area contributed by atoms with Crippen LogP contribution in [0.25, 0.3) is 0 Å². The zero-order valence-corrected chi connectivity index (χ0v) is 15.2. The molecule has 140 valence electrons. The van der Waals surface area contributed by atoms with Crippen molar-refractivity contribution in [2.45, 2.75) is 45.4 Å². The molecule has 26 heavy (non-hydrogen) atoms. The standard InChI is InChI=1S/C19H26N4O3/c1-2-22-18(11-14-7-9-20-10-8-14)21-23(19(22)24)12-15-13-25-16-5-3-4-6-17(16)26-15/h3-6,14-15,20H,2,7-13H2,1H3/t15-/m0/s1. The fourth-order valence-corrected chi connectivity index (χ4v) is 3.76. The van der Waals surface area contributed by atoms with Gasteiger partial charge in [-0.3, -0.25) is 4.57 Å². The molecule has 0 saturated carbocycles. The quantitative estimate of drug-likeness (QED) is 0.876. The Labute approximate surface area is 152 Å². The Kier molecular flexibility index (Phi) is 4.97. The minimum absolute atomic E-state index is 0.0566. The molecule has 0 unspecified atom stereocenters. The number of hydrogen-bond donors (Lipinski definition) is 1. The lowest BCUT2D eigenvalue weighted by Crippen LogP contribution is -2.37. The van der Waals surface area contributed by atoms with Gasteiger partial charge in [-0.25, -0.2) is 9.48 Å². The molecule has 2 aliphatic rings. The number of nitrogens with one attached hydrogen (secondary N) is 1. The van der Waals surface area contributed by atoms with Crippen molar-refractivity contribution in [3.05, 3.63) is 40.6 Å². The van der Waals surface area contributed by atoms with Gasteiger partial charge >= 0.3 is 5.69 Å². The number of fused-ring (bicyclic) bond motifs is 1. The summed E-state index contributed by atoms with van der Waals surface area (Å²) in [6, 6.07) is 7.61. The summed E-state index contributed by atoms with van der Waals surface area (Å²) in [6.45, 7) is 5.56. The molecule has 3 heterocycles. The van der Waals surface area contributed by atoms with Crippen LogP contribution in [0.1, 0.15) is 25.6 Å². The van der Waals surface area contributed by atoms with Gasteiger partial charge in [-0.05, 0) is 50.9 Å². The van der Waals surface area contributed by atoms with Crippen molar-refractivity contribution in [2.24, 2.45) is 5.92 Å². The number of nitrogens with zero attached hydrogens (tertiary/aromatic N) is 3. The number of para-hydroxylation sites is 2. The lowest BCUT2D eigenvalue weighted by atomic mass is 9.94. The summed E-state index contributed by atoms with van der Waals surface area (Å²) in [4.78, 5) is 12.7. The topological polar surface area (TPSA) is 70.3 Å². The van der Waals surface area contributed by atoms with Crippen LogP contribution in [0.5, 0.6) is 11.5 Å². The predicted molar refractivity (Wildman–Crippen MR) is 97.8 cm³/mol. The van der Waals surface area contributed by atoms with Crippen LogP contribution >= 0.6 is 0 Å². The van der Waals surface area contributed by atoms with E-state index in [0.29, 0.717) is 25.6 Å². The molecule has 0 spiro atoms. The van der Waals surface area contributed by atoms with Crippen LogP contribution in [0.15, 0.2) is 29.1 Å². The fourth-order valence-electron chi connectivity index (χ4n) is 3.76. The van der Waals surface area contributed by atoms with E-state index in [4.69, 9.17) is 9.47 Å². The molecule has 1 aromatic heterocycles. The SMILES string of the molecule is CCn1c(CC2CCNCC2)nn(C[C@H]2COc3ccccc3O2)c1=O. The maximum Gasteiger partial charge on any atom is 0.346 e. The summed E-state index contributed by atoms with van der Waals surface area (Å²) in [5.74, 6) is 2.96. The molecule has 0 radical (unpaired) electrons. The zero-order chi connectivity index (χ0) is 17.9. The van der Waals surface area contributed by atoms with Crippen LogP contribution in [-0.4, -0.2) is 40.1 Å². The molecule has 1 atom stereocenters. The maximum absolute atomic E-state index is 12.7. The molecule has 1 N–H and O–H groups in total. The first-order valence-corrected chi connectivity index (χ1v) is 9.50. The molecule has 7 nitrogen and oxygen atoms in total. The van der Waals surface area contributed by atoms with Crippen molar-refractivity contribution >= 4 is 0 Å². The van der Waals surface area contributed by atoms with Crippen molar-refractivity contribution in [2.75, 3.05) is 19.7 Å². The third-order valence-corrected chi connectivity index (χ3v) is 5.19. The Morgan fingerprint density at radius 1 is 1.23 bits per heavy atom. The van der Waals surface area contributed by atoms with Crippen LogP contribution in [0.4, 0.5) is 0 Å². The second-order valence-corrected chi connectivity index (χ2v) is 7.02. The summed E-state index contributed by atoms with van der Waals surface area (Å²) in [5, 5.41) is 8.02. The molecule has 1 aromatic carbocycles. The van der Waals surface area contributed by atoms with E-state index in [-0.39, 0.29) is 11.8 Å². The molecule has 0 aliphatic carbocycles. The van der Waals surface area contributed by atoms with E-state index < -0.39 is 0 Å². The molecule has 7 heteroatoms. The summed E-state index contributed by atoms with van der Waals surface area (Å²) >= 11 is 0. The molecule has 2 aliphatic heterocycles. The zero-order valence-electron chi connectivity index (χ0n) is 15.2. The number of aromatic nitrogens is 3. The van der Waals surface area contributed by atoms with Gasteiger partial charge in [0.15, 0.2) is 17.6 Å². The van der Waals surface area contributed by atoms with E-state index in [2.05, 4.69) is 10.4 Å². The van der Waals surface area contributed by atoms with E-state index >= 15 is 0 Å². The number of ether oxygens (including phenoxy) is 2. The van der Waals surface area contributed by atoms with E-state index in [9.17, 15) is 4.79 Å². The minimum atomic E-state index is -0.213. The number of benzene rings is 1. The molecule has 4 rings (SSSR count). The average Bonchev–Trinajstić information content (AvgIpc) is 2.96. The summed E-state index contributed by atoms with van der Waals surface area (Å²) in [5.41, 5.74) is -0.0566. The molecule has 1 fully saturated rings. The first-order chi connectivity index (χ1) is 12.7. The molecule has 0 amide bonds. The predicted octanol–water partition coefficient (Wildman–Crippen LogP) is 1.45. The Balaban J connectivity index is 1.49. The van der Waals surface area contributed by atoms with Crippen LogP contribution < -0.4 is 20.5 Å². The molecule has 1 saturated heterocycles. The molecule has 2 aromatic rings. The third kappa shape index (κ3) is 3.49. The first kappa shape index (κ1) is 17.1. The number of piperidine rings is 1. The Bertz CT molecular complexity index is 807. The van der Waals surface area contributed by atoms with Gasteiger partial charge in [-0.2, -0.15) is 5.10 Å². The Morgan fingerprint density at radius 3 is 2.77 bits per heavy atom. The second-order valence-electron chi connectivity index (χ2n) is 7.02. The monoisotopic (exact) mass is 358 g/mol. The van der Waals surface area contributed by atoms with Crippen LogP contribution in [-0.2, 0) is 19.5 Å². The maximum atomic E-state index is 12.7. The highest BCUT2D eigenvalue weighted by Crippen LogP contribution is 2.31. The fraction of sp³-hybridized carbons (Fsp3) is 0.579. The van der Waals surface area contributed by atoms with Gasteiger partial charge in [0.1, 0.15) is 12.4 Å². The number of hydrogen-bond acceptors (Lipinski definition) is 5. The van der Waals surface area contributed by atoms with E-state index in [1.165, 1.54) is 0 Å². The summed E-state index contributed by atoms with van der Waals surface area (Å²) in [6.07, 6.45) is 2.93. The highest BCUT2D eigenvalue weighted by atomic mass is 16.6. The minimum Gasteiger partial charge on any atom is -0.486 e. The third-order valence-electron chi connectivity index (χ3n) is 5.19. The average molecular weight is 358 g/mol. The lowest BCUT2D eigenvalue weighted by molar-refractivity contribution is 0.0748. The molecule has 0 bridgehead atoms. The number of rotatable bonds is 5. The normalized spacial score (nSPS) is 20.3. The van der Waals surface area contributed by atoms with Crippen molar-refractivity contribution < 1.29 is 9.47 Å². The van der Waals surface area contributed by atoms with Crippen LogP contribution in [0.2, 0.25) is 0 Å². The first-order valence-electron chi connectivity index (χ1n) is 9.50. The Hall–Kier alpha value is -2.28. The van der Waals surface area contributed by atoms with Crippen LogP contribution in [0, 0.1) is 5.92 Å². The van der Waals surface area contributed by atoms with Crippen LogP contribution in [0.3, 0.4) is 0 Å². The molecular formula is C19H26N4O3. The smallest absolute Gasteiger partial charge is 0.346 e. The Morgan fingerprint density at radius 2 is 2.00 bits per heavy atom. The van der Waals surface area contributed by atoms with Gasteiger partial charge in [0.25, 0.3) is 0 Å². The van der Waals surface area contributed by atoms with E-state index in [1.807, 2.05) is 31.2 Å². The van der Waals surface area contributed by atoms with Crippen molar-refractivity contribution in [3.8, 4) is 11.5 Å². The molecular weight excluding hydrogens is 332 g/mol. The summed E-state index contributed by atoms with van der Waals surface area (Å²) in [7, 11) is 0. The van der Waals surface area contributed by atoms with Crippen molar-refractivity contribution in [3.63, 3.8) is 0 Å². The highest BCUT2D eigenvalue weighted by Gasteiger charge is 2.24.